The number of allylic oxidation sites excluding steroid dienone is 1. The molecule has 5 rings (SSSR count). The number of non-ortho nitro benzene ring substituents is 1. The molecule has 38 heavy (non-hydrogen) atoms. The van der Waals surface area contributed by atoms with E-state index >= 15 is 0 Å². The van der Waals surface area contributed by atoms with E-state index in [4.69, 9.17) is 0 Å². The maximum Gasteiger partial charge on any atom is 0.270 e. The molecule has 0 saturated carbocycles. The predicted octanol–water partition coefficient (Wildman–Crippen LogP) is 7.51. The number of carbonyl (C=O) groups excluding carboxylic acids is 1. The average Bonchev–Trinajstić information content (AvgIpc) is 3.36. The zero-order valence-corrected chi connectivity index (χ0v) is 20.2. The Labute approximate surface area is 219 Å². The highest BCUT2D eigenvalue weighted by Gasteiger charge is 2.21. The fraction of sp³-hybridized carbons (Fsp3) is 0. The molecule has 0 aliphatic rings. The number of para-hydroxylation sites is 1. The van der Waals surface area contributed by atoms with Crippen molar-refractivity contribution in [3.63, 3.8) is 0 Å². The number of hydrogen-bond acceptors (Lipinski definition) is 4. The molecule has 1 aromatic heterocycles. The second kappa shape index (κ2) is 10.6. The first kappa shape index (κ1) is 24.2. The van der Waals surface area contributed by atoms with Gasteiger partial charge in [-0.25, -0.2) is 0 Å². The van der Waals surface area contributed by atoms with Gasteiger partial charge in [0.05, 0.1) is 16.3 Å². The Hall–Kier alpha value is -5.54. The summed E-state index contributed by atoms with van der Waals surface area (Å²) in [4.78, 5) is 24.0. The van der Waals surface area contributed by atoms with Gasteiger partial charge in [-0.1, -0.05) is 91.0 Å². The molecule has 5 aromatic rings. The number of ketones is 1. The van der Waals surface area contributed by atoms with E-state index in [2.05, 4.69) is 4.57 Å². The summed E-state index contributed by atoms with van der Waals surface area (Å²) in [6.07, 6.45) is 1.56. The number of nitro benzene ring substituents is 1. The Morgan fingerprint density at radius 2 is 1.39 bits per heavy atom. The third kappa shape index (κ3) is 4.77. The molecule has 0 saturated heterocycles. The molecule has 0 atom stereocenters. The molecule has 0 aliphatic carbocycles. The molecular formula is C32H21N3O3. The molecule has 1 heterocycles. The van der Waals surface area contributed by atoms with Crippen molar-refractivity contribution in [1.29, 1.82) is 5.26 Å². The summed E-state index contributed by atoms with van der Waals surface area (Å²) < 4.78 is 2.11. The lowest BCUT2D eigenvalue weighted by atomic mass is 10.00. The van der Waals surface area contributed by atoms with Gasteiger partial charge in [0.1, 0.15) is 11.6 Å². The second-order valence-corrected chi connectivity index (χ2v) is 8.54. The number of nitriles is 1. The maximum atomic E-state index is 13.3. The van der Waals surface area contributed by atoms with Crippen molar-refractivity contribution in [2.75, 3.05) is 0 Å². The van der Waals surface area contributed by atoms with E-state index in [1.165, 1.54) is 24.3 Å². The first-order valence-corrected chi connectivity index (χ1v) is 11.9. The molecule has 0 bridgehead atoms. The number of aromatic nitrogens is 1. The van der Waals surface area contributed by atoms with E-state index in [-0.39, 0.29) is 16.8 Å². The fourth-order valence-electron chi connectivity index (χ4n) is 4.42. The molecule has 0 unspecified atom stereocenters. The average molecular weight is 496 g/mol. The van der Waals surface area contributed by atoms with Gasteiger partial charge in [-0.2, -0.15) is 5.26 Å². The van der Waals surface area contributed by atoms with Crippen LogP contribution in [0.4, 0.5) is 5.69 Å². The van der Waals surface area contributed by atoms with Crippen LogP contribution in [0.25, 0.3) is 34.3 Å². The summed E-state index contributed by atoms with van der Waals surface area (Å²) in [5.41, 5.74) is 4.94. The van der Waals surface area contributed by atoms with Gasteiger partial charge in [-0.3, -0.25) is 14.9 Å². The van der Waals surface area contributed by atoms with Crippen molar-refractivity contribution >= 4 is 17.5 Å². The minimum Gasteiger partial charge on any atom is -0.309 e. The molecule has 0 N–H and O–H groups in total. The van der Waals surface area contributed by atoms with Crippen LogP contribution in [-0.4, -0.2) is 15.3 Å². The molecule has 0 fully saturated rings. The maximum absolute atomic E-state index is 13.3. The number of nitro groups is 1. The van der Waals surface area contributed by atoms with Crippen LogP contribution in [0.1, 0.15) is 15.9 Å². The number of carbonyl (C=O) groups is 1. The highest BCUT2D eigenvalue weighted by Crippen LogP contribution is 2.37. The van der Waals surface area contributed by atoms with E-state index in [0.29, 0.717) is 5.56 Å². The standard InChI is InChI=1S/C32H21N3O3/c33-22-27(32(36)25-15-10-18-29(20-25)35(37)38)19-26-21-30(23-11-4-1-5-12-23)34(28-16-8-3-9-17-28)31(26)24-13-6-2-7-14-24/h1-21H/b27-19+. The quantitative estimate of drug-likeness (QED) is 0.0768. The number of benzene rings is 4. The third-order valence-electron chi connectivity index (χ3n) is 6.15. The van der Waals surface area contributed by atoms with Gasteiger partial charge in [0.15, 0.2) is 0 Å². The Morgan fingerprint density at radius 1 is 0.789 bits per heavy atom. The van der Waals surface area contributed by atoms with Crippen LogP contribution in [0.3, 0.4) is 0 Å². The first-order valence-electron chi connectivity index (χ1n) is 11.9. The normalized spacial score (nSPS) is 11.1. The predicted molar refractivity (Wildman–Crippen MR) is 148 cm³/mol. The van der Waals surface area contributed by atoms with Gasteiger partial charge >= 0.3 is 0 Å². The van der Waals surface area contributed by atoms with E-state index in [9.17, 15) is 20.2 Å². The molecular weight excluding hydrogens is 474 g/mol. The summed E-state index contributed by atoms with van der Waals surface area (Å²) in [7, 11) is 0. The van der Waals surface area contributed by atoms with Gasteiger partial charge in [-0.05, 0) is 35.4 Å². The molecule has 6 nitrogen and oxygen atoms in total. The summed E-state index contributed by atoms with van der Waals surface area (Å²) in [5.74, 6) is -0.580. The van der Waals surface area contributed by atoms with E-state index in [1.54, 1.807) is 6.08 Å². The lowest BCUT2D eigenvalue weighted by Gasteiger charge is -2.15. The number of Topliss-reactive ketones (excluding diaryl/α,β-unsaturated/α-hetero) is 1. The van der Waals surface area contributed by atoms with E-state index < -0.39 is 10.7 Å². The number of hydrogen-bond donors (Lipinski definition) is 0. The summed E-state index contributed by atoms with van der Waals surface area (Å²) in [6.45, 7) is 0. The SMILES string of the molecule is N#C/C(=C\c1cc(-c2ccccc2)n(-c2ccccc2)c1-c1ccccc1)C(=O)c1cccc([N+](=O)[O-])c1. The topological polar surface area (TPSA) is 88.9 Å². The van der Waals surface area contributed by atoms with Crippen molar-refractivity contribution in [3.05, 3.63) is 148 Å². The van der Waals surface area contributed by atoms with Crippen LogP contribution in [0, 0.1) is 21.4 Å². The summed E-state index contributed by atoms with van der Waals surface area (Å²) in [6, 6.07) is 38.9. The van der Waals surface area contributed by atoms with Gasteiger partial charge in [-0.15, -0.1) is 0 Å². The van der Waals surface area contributed by atoms with Gasteiger partial charge in [0.2, 0.25) is 5.78 Å². The number of nitrogens with zero attached hydrogens (tertiary/aromatic N) is 3. The molecule has 182 valence electrons. The van der Waals surface area contributed by atoms with Crippen molar-refractivity contribution in [2.24, 2.45) is 0 Å². The monoisotopic (exact) mass is 495 g/mol. The van der Waals surface area contributed by atoms with Crippen molar-refractivity contribution in [2.45, 2.75) is 0 Å². The van der Waals surface area contributed by atoms with Crippen LogP contribution in [0.15, 0.2) is 127 Å². The summed E-state index contributed by atoms with van der Waals surface area (Å²) in [5, 5.41) is 21.2. The largest absolute Gasteiger partial charge is 0.309 e. The lowest BCUT2D eigenvalue weighted by Crippen LogP contribution is -2.03. The van der Waals surface area contributed by atoms with Crippen molar-refractivity contribution in [1.82, 2.24) is 4.57 Å². The zero-order chi connectivity index (χ0) is 26.5. The van der Waals surface area contributed by atoms with Crippen LogP contribution >= 0.6 is 0 Å². The van der Waals surface area contributed by atoms with Gasteiger partial charge < -0.3 is 4.57 Å². The summed E-state index contributed by atoms with van der Waals surface area (Å²) >= 11 is 0. The minimum absolute atomic E-state index is 0.0824. The number of rotatable bonds is 7. The Bertz CT molecular complexity index is 1700. The van der Waals surface area contributed by atoms with Crippen molar-refractivity contribution in [3.8, 4) is 34.3 Å². The zero-order valence-electron chi connectivity index (χ0n) is 20.2. The molecule has 0 spiro atoms. The van der Waals surface area contributed by atoms with Crippen LogP contribution in [-0.2, 0) is 0 Å². The second-order valence-electron chi connectivity index (χ2n) is 8.54. The Kier molecular flexibility index (Phi) is 6.75. The van der Waals surface area contributed by atoms with Crippen LogP contribution in [0.2, 0.25) is 0 Å². The van der Waals surface area contributed by atoms with Gasteiger partial charge in [0.25, 0.3) is 5.69 Å². The van der Waals surface area contributed by atoms with Crippen LogP contribution < -0.4 is 0 Å². The molecule has 0 aliphatic heterocycles. The smallest absolute Gasteiger partial charge is 0.270 e. The van der Waals surface area contributed by atoms with E-state index in [0.717, 1.165) is 28.2 Å². The molecule has 0 amide bonds. The van der Waals surface area contributed by atoms with Crippen molar-refractivity contribution < 1.29 is 9.72 Å². The molecule has 6 heteroatoms. The minimum atomic E-state index is -0.580. The van der Waals surface area contributed by atoms with Crippen LogP contribution in [0.5, 0.6) is 0 Å². The molecule has 0 radical (unpaired) electrons. The lowest BCUT2D eigenvalue weighted by molar-refractivity contribution is -0.384. The Balaban J connectivity index is 1.76. The highest BCUT2D eigenvalue weighted by atomic mass is 16.6. The molecule has 4 aromatic carbocycles. The fourth-order valence-corrected chi connectivity index (χ4v) is 4.42. The third-order valence-corrected chi connectivity index (χ3v) is 6.15. The first-order chi connectivity index (χ1) is 18.6. The Morgan fingerprint density at radius 3 is 2.00 bits per heavy atom. The van der Waals surface area contributed by atoms with Gasteiger partial charge in [0, 0.05) is 28.9 Å². The highest BCUT2D eigenvalue weighted by molar-refractivity contribution is 6.14. The van der Waals surface area contributed by atoms with E-state index in [1.807, 2.05) is 103 Å².